The van der Waals surface area contributed by atoms with E-state index in [0.717, 1.165) is 45.3 Å². The molecule has 1 fully saturated rings. The number of ether oxygens (including phenoxy) is 2. The molecule has 1 aromatic heterocycles. The number of hydrogen-bond donors (Lipinski definition) is 0. The van der Waals surface area contributed by atoms with Gasteiger partial charge in [-0.25, -0.2) is 4.39 Å². The fourth-order valence-electron chi connectivity index (χ4n) is 5.02. The molecule has 5 rings (SSSR count). The van der Waals surface area contributed by atoms with Crippen molar-refractivity contribution in [2.24, 2.45) is 11.8 Å². The molecule has 3 unspecified atom stereocenters. The predicted molar refractivity (Wildman–Crippen MR) is 112 cm³/mol. The summed E-state index contributed by atoms with van der Waals surface area (Å²) in [5.74, 6) is 1.77. The lowest BCUT2D eigenvalue weighted by Gasteiger charge is -2.38. The van der Waals surface area contributed by atoms with Crippen LogP contribution in [0.1, 0.15) is 42.9 Å². The predicted octanol–water partition coefficient (Wildman–Crippen LogP) is 5.98. The highest BCUT2D eigenvalue weighted by Crippen LogP contribution is 2.45. The highest BCUT2D eigenvalue weighted by atomic mass is 19.1. The van der Waals surface area contributed by atoms with E-state index in [1.165, 1.54) is 23.3 Å². The van der Waals surface area contributed by atoms with E-state index >= 15 is 0 Å². The molecule has 30 heavy (non-hydrogen) atoms. The molecule has 2 heterocycles. The molecule has 0 spiro atoms. The van der Waals surface area contributed by atoms with Crippen LogP contribution in [0.3, 0.4) is 0 Å². The summed E-state index contributed by atoms with van der Waals surface area (Å²) in [6.07, 6.45) is 6.95. The highest BCUT2D eigenvalue weighted by Gasteiger charge is 2.37. The van der Waals surface area contributed by atoms with Gasteiger partial charge in [-0.15, -0.1) is 0 Å². The molecule has 0 bridgehead atoms. The molecule has 5 heteroatoms. The zero-order chi connectivity index (χ0) is 20.3. The van der Waals surface area contributed by atoms with E-state index in [9.17, 15) is 4.39 Å². The Morgan fingerprint density at radius 2 is 1.93 bits per heavy atom. The summed E-state index contributed by atoms with van der Waals surface area (Å²) in [5.41, 5.74) is 3.18. The minimum atomic E-state index is -0.324. The van der Waals surface area contributed by atoms with Gasteiger partial charge in [0.2, 0.25) is 0 Å². The Labute approximate surface area is 176 Å². The maximum atomic E-state index is 14.0. The van der Waals surface area contributed by atoms with Crippen molar-refractivity contribution in [3.05, 3.63) is 71.7 Å². The van der Waals surface area contributed by atoms with Gasteiger partial charge in [0.15, 0.2) is 5.76 Å². The molecule has 1 aliphatic carbocycles. The summed E-state index contributed by atoms with van der Waals surface area (Å²) in [7, 11) is 0. The van der Waals surface area contributed by atoms with Gasteiger partial charge in [-0.05, 0) is 67.3 Å². The second-order valence-corrected chi connectivity index (χ2v) is 8.26. The minimum absolute atomic E-state index is 0.0785. The molecule has 2 aliphatic rings. The van der Waals surface area contributed by atoms with Crippen LogP contribution in [0.5, 0.6) is 5.75 Å². The van der Waals surface area contributed by atoms with Crippen molar-refractivity contribution >= 4 is 0 Å². The first-order valence-electron chi connectivity index (χ1n) is 10.8. The molecule has 2 aromatic carbocycles. The number of halogens is 1. The number of hydrogen-bond acceptors (Lipinski definition) is 4. The molecule has 0 amide bonds. The lowest BCUT2D eigenvalue weighted by molar-refractivity contribution is 0.0681. The summed E-state index contributed by atoms with van der Waals surface area (Å²) < 4.78 is 31.8. The smallest absolute Gasteiger partial charge is 0.170 e. The van der Waals surface area contributed by atoms with Crippen molar-refractivity contribution in [1.82, 2.24) is 5.16 Å². The number of rotatable bonds is 4. The minimum Gasteiger partial charge on any atom is -0.485 e. The van der Waals surface area contributed by atoms with Crippen molar-refractivity contribution in [2.45, 2.75) is 38.2 Å². The standard InChI is InChI=1S/C25H26FNO3/c26-19-8-10-23(22(16-19)24-11-13-27-30-24)29-25-20-6-2-1-4-17(20)7-9-21(25)18-5-3-14-28-15-12-18/h1-2,4,6,8,10-11,13,16,18,21,25H,3,5,7,9,12,14-15H2. The van der Waals surface area contributed by atoms with Gasteiger partial charge in [-0.2, -0.15) is 0 Å². The molecule has 156 valence electrons. The third-order valence-electron chi connectivity index (χ3n) is 6.50. The van der Waals surface area contributed by atoms with Gasteiger partial charge in [-0.1, -0.05) is 29.4 Å². The van der Waals surface area contributed by atoms with Gasteiger partial charge in [0, 0.05) is 25.2 Å². The summed E-state index contributed by atoms with van der Waals surface area (Å²) in [4.78, 5) is 0. The van der Waals surface area contributed by atoms with Crippen LogP contribution < -0.4 is 4.74 Å². The molecule has 0 saturated carbocycles. The van der Waals surface area contributed by atoms with Crippen molar-refractivity contribution in [1.29, 1.82) is 0 Å². The zero-order valence-electron chi connectivity index (χ0n) is 16.9. The van der Waals surface area contributed by atoms with E-state index in [1.54, 1.807) is 18.3 Å². The summed E-state index contributed by atoms with van der Waals surface area (Å²) in [6, 6.07) is 14.9. The number of benzene rings is 2. The molecule has 4 nitrogen and oxygen atoms in total. The van der Waals surface area contributed by atoms with Gasteiger partial charge in [0.1, 0.15) is 17.7 Å². The summed E-state index contributed by atoms with van der Waals surface area (Å²) >= 11 is 0. The molecule has 3 aromatic rings. The van der Waals surface area contributed by atoms with E-state index in [4.69, 9.17) is 14.0 Å². The number of aromatic nitrogens is 1. The van der Waals surface area contributed by atoms with Crippen molar-refractivity contribution in [2.75, 3.05) is 13.2 Å². The van der Waals surface area contributed by atoms with Crippen LogP contribution in [-0.4, -0.2) is 18.4 Å². The van der Waals surface area contributed by atoms with E-state index < -0.39 is 0 Å². The first-order valence-corrected chi connectivity index (χ1v) is 10.8. The second-order valence-electron chi connectivity index (χ2n) is 8.26. The van der Waals surface area contributed by atoms with Crippen molar-refractivity contribution in [3.8, 4) is 17.1 Å². The fourth-order valence-corrected chi connectivity index (χ4v) is 5.02. The van der Waals surface area contributed by atoms with E-state index in [0.29, 0.717) is 28.9 Å². The lowest BCUT2D eigenvalue weighted by Crippen LogP contribution is -2.31. The fraction of sp³-hybridized carbons (Fsp3) is 0.400. The van der Waals surface area contributed by atoms with Crippen LogP contribution in [0.15, 0.2) is 59.3 Å². The third-order valence-corrected chi connectivity index (χ3v) is 6.50. The largest absolute Gasteiger partial charge is 0.485 e. The van der Waals surface area contributed by atoms with E-state index in [1.807, 2.05) is 0 Å². The molecular weight excluding hydrogens is 381 g/mol. The average molecular weight is 407 g/mol. The van der Waals surface area contributed by atoms with Gasteiger partial charge in [-0.3, -0.25) is 0 Å². The Balaban J connectivity index is 1.53. The molecule has 0 radical (unpaired) electrons. The monoisotopic (exact) mass is 407 g/mol. The Morgan fingerprint density at radius 1 is 1.00 bits per heavy atom. The maximum Gasteiger partial charge on any atom is 0.170 e. The molecule has 1 aliphatic heterocycles. The Hall–Kier alpha value is -2.66. The summed E-state index contributed by atoms with van der Waals surface area (Å²) in [6.45, 7) is 1.66. The quantitative estimate of drug-likeness (QED) is 0.534. The van der Waals surface area contributed by atoms with Gasteiger partial charge in [0.05, 0.1) is 11.8 Å². The average Bonchev–Trinajstić information content (AvgIpc) is 3.18. The topological polar surface area (TPSA) is 44.5 Å². The van der Waals surface area contributed by atoms with Gasteiger partial charge in [0.25, 0.3) is 0 Å². The summed E-state index contributed by atoms with van der Waals surface area (Å²) in [5, 5.41) is 3.78. The van der Waals surface area contributed by atoms with Crippen molar-refractivity contribution < 1.29 is 18.4 Å². The third kappa shape index (κ3) is 3.86. The maximum absolute atomic E-state index is 14.0. The van der Waals surface area contributed by atoms with E-state index in [2.05, 4.69) is 29.4 Å². The van der Waals surface area contributed by atoms with Crippen molar-refractivity contribution in [3.63, 3.8) is 0 Å². The normalized spacial score (nSPS) is 24.1. The van der Waals surface area contributed by atoms with Crippen LogP contribution in [0, 0.1) is 17.7 Å². The SMILES string of the molecule is Fc1ccc(OC2c3ccccc3CCC2C2CCCOCC2)c(-c2ccno2)c1. The molecule has 0 N–H and O–H groups in total. The number of fused-ring (bicyclic) bond motifs is 1. The Bertz CT molecular complexity index is 980. The van der Waals surface area contributed by atoms with Crippen LogP contribution in [0.2, 0.25) is 0 Å². The Morgan fingerprint density at radius 3 is 2.83 bits per heavy atom. The van der Waals surface area contributed by atoms with Gasteiger partial charge < -0.3 is 14.0 Å². The van der Waals surface area contributed by atoms with E-state index in [-0.39, 0.29) is 11.9 Å². The molecule has 1 saturated heterocycles. The number of aryl methyl sites for hydroxylation is 1. The second kappa shape index (κ2) is 8.60. The van der Waals surface area contributed by atoms with Crippen LogP contribution in [-0.2, 0) is 11.2 Å². The molecular formula is C25H26FNO3. The van der Waals surface area contributed by atoms with Crippen LogP contribution >= 0.6 is 0 Å². The first kappa shape index (κ1) is 19.3. The number of nitrogens with zero attached hydrogens (tertiary/aromatic N) is 1. The highest BCUT2D eigenvalue weighted by molar-refractivity contribution is 5.65. The Kier molecular flexibility index (Phi) is 5.54. The molecule has 3 atom stereocenters. The lowest BCUT2D eigenvalue weighted by atomic mass is 9.72. The zero-order valence-corrected chi connectivity index (χ0v) is 16.9. The van der Waals surface area contributed by atoms with Gasteiger partial charge >= 0.3 is 0 Å². The van der Waals surface area contributed by atoms with Crippen LogP contribution in [0.4, 0.5) is 4.39 Å². The van der Waals surface area contributed by atoms with Crippen LogP contribution in [0.25, 0.3) is 11.3 Å². The first-order chi connectivity index (χ1) is 14.8.